The molecule has 1 N–H and O–H groups in total. The first kappa shape index (κ1) is 11.8. The van der Waals surface area contributed by atoms with E-state index in [-0.39, 0.29) is 0 Å². The molecule has 0 amide bonds. The molecule has 2 aliphatic carbocycles. The van der Waals surface area contributed by atoms with Crippen LogP contribution in [0.4, 0.5) is 0 Å². The SMILES string of the molecule is CCC1CCC(NC2CCC(SC)C2)C1. The summed E-state index contributed by atoms with van der Waals surface area (Å²) in [5, 5.41) is 4.83. The first-order valence-corrected chi connectivity index (χ1v) is 7.89. The lowest BCUT2D eigenvalue weighted by Crippen LogP contribution is -2.35. The van der Waals surface area contributed by atoms with Gasteiger partial charge in [-0.3, -0.25) is 0 Å². The Morgan fingerprint density at radius 1 is 1.07 bits per heavy atom. The minimum atomic E-state index is 0.836. The molecule has 0 bridgehead atoms. The molecule has 4 unspecified atom stereocenters. The van der Waals surface area contributed by atoms with Crippen molar-refractivity contribution in [3.05, 3.63) is 0 Å². The fourth-order valence-corrected chi connectivity index (χ4v) is 4.03. The van der Waals surface area contributed by atoms with Gasteiger partial charge in [0.2, 0.25) is 0 Å². The van der Waals surface area contributed by atoms with Crippen molar-refractivity contribution < 1.29 is 0 Å². The maximum atomic E-state index is 3.89. The van der Waals surface area contributed by atoms with Crippen LogP contribution in [0, 0.1) is 5.92 Å². The van der Waals surface area contributed by atoms with Crippen molar-refractivity contribution in [3.63, 3.8) is 0 Å². The molecule has 2 saturated carbocycles. The summed E-state index contributed by atoms with van der Waals surface area (Å²) in [4.78, 5) is 0. The van der Waals surface area contributed by atoms with Crippen LogP contribution in [0.5, 0.6) is 0 Å². The lowest BCUT2D eigenvalue weighted by molar-refractivity contribution is 0.418. The van der Waals surface area contributed by atoms with Crippen molar-refractivity contribution in [2.75, 3.05) is 6.26 Å². The number of nitrogens with one attached hydrogen (secondary N) is 1. The molecule has 2 aliphatic rings. The van der Waals surface area contributed by atoms with E-state index in [4.69, 9.17) is 0 Å². The predicted octanol–water partition coefficient (Wildman–Crippen LogP) is 3.44. The van der Waals surface area contributed by atoms with E-state index in [1.807, 2.05) is 0 Å². The smallest absolute Gasteiger partial charge is 0.00805 e. The summed E-state index contributed by atoms with van der Waals surface area (Å²) in [7, 11) is 0. The lowest BCUT2D eigenvalue weighted by atomic mass is 10.1. The van der Waals surface area contributed by atoms with Gasteiger partial charge in [0, 0.05) is 17.3 Å². The van der Waals surface area contributed by atoms with E-state index in [0.29, 0.717) is 0 Å². The largest absolute Gasteiger partial charge is 0.311 e. The fourth-order valence-electron chi connectivity index (χ4n) is 3.24. The summed E-state index contributed by atoms with van der Waals surface area (Å²) >= 11 is 2.06. The maximum absolute atomic E-state index is 3.89. The average Bonchev–Trinajstić information content (AvgIpc) is 2.87. The normalized spacial score (nSPS) is 41.2. The van der Waals surface area contributed by atoms with Crippen LogP contribution in [0.15, 0.2) is 0 Å². The molecule has 0 aromatic carbocycles. The van der Waals surface area contributed by atoms with E-state index in [0.717, 1.165) is 23.3 Å². The monoisotopic (exact) mass is 227 g/mol. The van der Waals surface area contributed by atoms with E-state index in [1.54, 1.807) is 0 Å². The topological polar surface area (TPSA) is 12.0 Å². The summed E-state index contributed by atoms with van der Waals surface area (Å²) in [6.45, 7) is 2.34. The van der Waals surface area contributed by atoms with Crippen molar-refractivity contribution in [2.45, 2.75) is 69.2 Å². The summed E-state index contributed by atoms with van der Waals surface area (Å²) in [5.74, 6) is 1.01. The van der Waals surface area contributed by atoms with E-state index < -0.39 is 0 Å². The molecule has 0 radical (unpaired) electrons. The predicted molar refractivity (Wildman–Crippen MR) is 69.5 cm³/mol. The molecule has 2 heteroatoms. The Morgan fingerprint density at radius 3 is 2.40 bits per heavy atom. The number of hydrogen-bond acceptors (Lipinski definition) is 2. The minimum absolute atomic E-state index is 0.836. The molecule has 15 heavy (non-hydrogen) atoms. The van der Waals surface area contributed by atoms with Gasteiger partial charge in [-0.15, -0.1) is 0 Å². The molecule has 0 heterocycles. The molecule has 1 nitrogen and oxygen atoms in total. The lowest BCUT2D eigenvalue weighted by Gasteiger charge is -2.19. The molecule has 0 aromatic rings. The fraction of sp³-hybridized carbons (Fsp3) is 1.00. The molecule has 88 valence electrons. The molecular weight excluding hydrogens is 202 g/mol. The van der Waals surface area contributed by atoms with Gasteiger partial charge in [-0.2, -0.15) is 11.8 Å². The highest BCUT2D eigenvalue weighted by molar-refractivity contribution is 7.99. The Kier molecular flexibility index (Phi) is 4.39. The van der Waals surface area contributed by atoms with Crippen molar-refractivity contribution >= 4 is 11.8 Å². The van der Waals surface area contributed by atoms with Crippen LogP contribution in [0.3, 0.4) is 0 Å². The van der Waals surface area contributed by atoms with Gasteiger partial charge in [-0.25, -0.2) is 0 Å². The van der Waals surface area contributed by atoms with Gasteiger partial charge in [0.05, 0.1) is 0 Å². The van der Waals surface area contributed by atoms with Crippen LogP contribution in [0.1, 0.15) is 51.9 Å². The molecule has 0 saturated heterocycles. The molecule has 0 aliphatic heterocycles. The van der Waals surface area contributed by atoms with Gasteiger partial charge in [0.1, 0.15) is 0 Å². The van der Waals surface area contributed by atoms with Crippen LogP contribution >= 0.6 is 11.8 Å². The molecule has 2 fully saturated rings. The van der Waals surface area contributed by atoms with Gasteiger partial charge in [0.15, 0.2) is 0 Å². The summed E-state index contributed by atoms with van der Waals surface area (Å²) in [5.41, 5.74) is 0. The standard InChI is InChI=1S/C13H25NS/c1-3-10-4-5-11(8-10)14-12-6-7-13(9-12)15-2/h10-14H,3-9H2,1-2H3. The van der Waals surface area contributed by atoms with Crippen molar-refractivity contribution in [1.29, 1.82) is 0 Å². The van der Waals surface area contributed by atoms with E-state index in [1.165, 1.54) is 44.9 Å². The summed E-state index contributed by atoms with van der Waals surface area (Å²) in [6, 6.07) is 1.68. The molecule has 0 spiro atoms. The third kappa shape index (κ3) is 3.13. The molecule has 4 atom stereocenters. The molecular formula is C13H25NS. The second kappa shape index (κ2) is 5.58. The first-order valence-electron chi connectivity index (χ1n) is 6.60. The Bertz CT molecular complexity index is 175. The van der Waals surface area contributed by atoms with Crippen LogP contribution in [0.25, 0.3) is 0 Å². The Hall–Kier alpha value is 0.310. The summed E-state index contributed by atoms with van der Waals surface area (Å²) in [6.07, 6.45) is 12.2. The van der Waals surface area contributed by atoms with Crippen LogP contribution < -0.4 is 5.32 Å². The van der Waals surface area contributed by atoms with Crippen molar-refractivity contribution in [3.8, 4) is 0 Å². The van der Waals surface area contributed by atoms with Gasteiger partial charge in [-0.1, -0.05) is 13.3 Å². The van der Waals surface area contributed by atoms with E-state index >= 15 is 0 Å². The number of hydrogen-bond donors (Lipinski definition) is 1. The Labute approximate surface area is 98.8 Å². The van der Waals surface area contributed by atoms with Crippen LogP contribution in [-0.4, -0.2) is 23.6 Å². The second-order valence-electron chi connectivity index (χ2n) is 5.32. The Morgan fingerprint density at radius 2 is 1.80 bits per heavy atom. The van der Waals surface area contributed by atoms with Gasteiger partial charge >= 0.3 is 0 Å². The zero-order chi connectivity index (χ0) is 10.7. The highest BCUT2D eigenvalue weighted by Gasteiger charge is 2.29. The number of thioether (sulfide) groups is 1. The average molecular weight is 227 g/mol. The van der Waals surface area contributed by atoms with Gasteiger partial charge in [0.25, 0.3) is 0 Å². The third-order valence-electron chi connectivity index (χ3n) is 4.31. The summed E-state index contributed by atoms with van der Waals surface area (Å²) < 4.78 is 0. The third-order valence-corrected chi connectivity index (χ3v) is 5.40. The zero-order valence-electron chi connectivity index (χ0n) is 10.2. The Balaban J connectivity index is 1.70. The van der Waals surface area contributed by atoms with Gasteiger partial charge < -0.3 is 5.32 Å². The number of rotatable bonds is 4. The van der Waals surface area contributed by atoms with Gasteiger partial charge in [-0.05, 0) is 50.7 Å². The van der Waals surface area contributed by atoms with Crippen molar-refractivity contribution in [1.82, 2.24) is 5.32 Å². The van der Waals surface area contributed by atoms with Crippen LogP contribution in [0.2, 0.25) is 0 Å². The van der Waals surface area contributed by atoms with Crippen LogP contribution in [-0.2, 0) is 0 Å². The quantitative estimate of drug-likeness (QED) is 0.789. The van der Waals surface area contributed by atoms with E-state index in [9.17, 15) is 0 Å². The highest BCUT2D eigenvalue weighted by atomic mass is 32.2. The maximum Gasteiger partial charge on any atom is 0.00805 e. The highest BCUT2D eigenvalue weighted by Crippen LogP contribution is 2.32. The molecule has 0 aromatic heterocycles. The first-order chi connectivity index (χ1) is 7.31. The van der Waals surface area contributed by atoms with E-state index in [2.05, 4.69) is 30.3 Å². The molecule has 2 rings (SSSR count). The van der Waals surface area contributed by atoms with Crippen molar-refractivity contribution in [2.24, 2.45) is 5.92 Å². The minimum Gasteiger partial charge on any atom is -0.311 e. The zero-order valence-corrected chi connectivity index (χ0v) is 11.0. The second-order valence-corrected chi connectivity index (χ2v) is 6.46.